The van der Waals surface area contributed by atoms with E-state index in [-0.39, 0.29) is 0 Å². The number of guanidine groups is 1. The van der Waals surface area contributed by atoms with Crippen molar-refractivity contribution in [1.82, 2.24) is 20.5 Å². The van der Waals surface area contributed by atoms with Gasteiger partial charge < -0.3 is 20.3 Å². The first-order valence-corrected chi connectivity index (χ1v) is 10.1. The summed E-state index contributed by atoms with van der Waals surface area (Å²) in [5.41, 5.74) is 1.23. The van der Waals surface area contributed by atoms with Gasteiger partial charge in [0.15, 0.2) is 5.96 Å². The van der Waals surface area contributed by atoms with Gasteiger partial charge in [0.1, 0.15) is 0 Å². The Kier molecular flexibility index (Phi) is 11.4. The molecule has 0 unspecified atom stereocenters. The molecule has 0 atom stereocenters. The molecule has 144 valence electrons. The topological polar surface area (TPSA) is 61.8 Å². The molecule has 2 N–H and O–H groups in total. The molecular weight excluding hydrogens is 334 g/mol. The van der Waals surface area contributed by atoms with E-state index >= 15 is 0 Å². The highest BCUT2D eigenvalue weighted by Crippen LogP contribution is 2.17. The van der Waals surface area contributed by atoms with Gasteiger partial charge in [0.2, 0.25) is 0 Å². The molecule has 7 heteroatoms. The maximum absolute atomic E-state index is 5.09. The smallest absolute Gasteiger partial charge is 0.191 e. The maximum Gasteiger partial charge on any atom is 0.191 e. The molecule has 0 saturated carbocycles. The molecule has 0 radical (unpaired) electrons. The van der Waals surface area contributed by atoms with Crippen LogP contribution in [0.1, 0.15) is 35.8 Å². The lowest BCUT2D eigenvalue weighted by Gasteiger charge is -2.16. The normalized spacial score (nSPS) is 12.0. The molecule has 0 fully saturated rings. The van der Waals surface area contributed by atoms with Gasteiger partial charge >= 0.3 is 0 Å². The van der Waals surface area contributed by atoms with Crippen LogP contribution in [0.3, 0.4) is 0 Å². The first-order valence-electron chi connectivity index (χ1n) is 9.25. The van der Waals surface area contributed by atoms with Gasteiger partial charge in [-0.3, -0.25) is 4.99 Å². The number of hydrogen-bond acceptors (Lipinski definition) is 5. The number of nitrogens with zero attached hydrogens (tertiary/aromatic N) is 3. The average molecular weight is 370 g/mol. The number of thiazole rings is 1. The second-order valence-corrected chi connectivity index (χ2v) is 7.34. The van der Waals surface area contributed by atoms with Gasteiger partial charge in [0.05, 0.1) is 17.2 Å². The molecule has 0 aliphatic rings. The minimum atomic E-state index is 0.787. The fraction of sp³-hybridized carbons (Fsp3) is 0.778. The minimum absolute atomic E-state index is 0.787. The summed E-state index contributed by atoms with van der Waals surface area (Å²) < 4.78 is 5.09. The maximum atomic E-state index is 5.09. The van der Waals surface area contributed by atoms with E-state index < -0.39 is 0 Å². The van der Waals surface area contributed by atoms with Crippen molar-refractivity contribution in [2.45, 2.75) is 40.0 Å². The molecule has 6 nitrogen and oxygen atoms in total. The quantitative estimate of drug-likeness (QED) is 0.336. The first kappa shape index (κ1) is 21.9. The van der Waals surface area contributed by atoms with Crippen LogP contribution in [0.5, 0.6) is 0 Å². The Balaban J connectivity index is 2.34. The van der Waals surface area contributed by atoms with E-state index in [1.807, 2.05) is 0 Å². The van der Waals surface area contributed by atoms with Crippen LogP contribution in [0.25, 0.3) is 0 Å². The van der Waals surface area contributed by atoms with Gasteiger partial charge in [-0.25, -0.2) is 4.98 Å². The number of rotatable bonds is 12. The number of aryl methyl sites for hydroxylation is 2. The Morgan fingerprint density at radius 3 is 2.72 bits per heavy atom. The molecule has 0 aromatic carbocycles. The van der Waals surface area contributed by atoms with Crippen LogP contribution in [-0.4, -0.2) is 69.3 Å². The highest BCUT2D eigenvalue weighted by molar-refractivity contribution is 7.11. The molecule has 1 aromatic heterocycles. The Bertz CT molecular complexity index is 504. The number of hydrogen-bond donors (Lipinski definition) is 2. The third-order valence-corrected chi connectivity index (χ3v) is 4.96. The predicted molar refractivity (Wildman–Crippen MR) is 108 cm³/mol. The van der Waals surface area contributed by atoms with Crippen LogP contribution < -0.4 is 10.6 Å². The lowest BCUT2D eigenvalue weighted by atomic mass is 10.3. The Labute approximate surface area is 157 Å². The molecule has 0 spiro atoms. The number of methoxy groups -OCH3 is 1. The molecule has 1 heterocycles. The van der Waals surface area contributed by atoms with E-state index in [1.165, 1.54) is 15.6 Å². The van der Waals surface area contributed by atoms with E-state index in [0.29, 0.717) is 0 Å². The standard InChI is InChI=1S/C18H35N5OS/c1-6-16-15(3)25-17(22-16)9-10-20-18(19-7-2)21-11-13-23(4)12-8-14-24-5/h6-14H2,1-5H3,(H2,19,20,21). The Morgan fingerprint density at radius 1 is 1.28 bits per heavy atom. The predicted octanol–water partition coefficient (Wildman–Crippen LogP) is 2.08. The van der Waals surface area contributed by atoms with Crippen LogP contribution in [0.4, 0.5) is 0 Å². The molecule has 0 bridgehead atoms. The zero-order valence-corrected chi connectivity index (χ0v) is 17.3. The van der Waals surface area contributed by atoms with E-state index in [9.17, 15) is 0 Å². The molecule has 0 aliphatic carbocycles. The third-order valence-electron chi connectivity index (χ3n) is 3.89. The molecule has 1 aromatic rings. The monoisotopic (exact) mass is 369 g/mol. The van der Waals surface area contributed by atoms with Crippen LogP contribution in [0, 0.1) is 6.92 Å². The summed E-state index contributed by atoms with van der Waals surface area (Å²) in [6.07, 6.45) is 3.01. The van der Waals surface area contributed by atoms with E-state index in [1.54, 1.807) is 18.4 Å². The third kappa shape index (κ3) is 9.18. The number of likely N-dealkylation sites (N-methyl/N-ethyl adjacent to an activating group) is 1. The molecular formula is C18H35N5OS. The molecule has 0 saturated heterocycles. The highest BCUT2D eigenvalue weighted by atomic mass is 32.1. The fourth-order valence-corrected chi connectivity index (χ4v) is 3.50. The van der Waals surface area contributed by atoms with E-state index in [2.05, 4.69) is 48.3 Å². The Morgan fingerprint density at radius 2 is 2.08 bits per heavy atom. The van der Waals surface area contributed by atoms with Crippen LogP contribution in [-0.2, 0) is 17.6 Å². The van der Waals surface area contributed by atoms with Gasteiger partial charge in [-0.15, -0.1) is 11.3 Å². The van der Waals surface area contributed by atoms with Crippen LogP contribution in [0.15, 0.2) is 4.99 Å². The summed E-state index contributed by atoms with van der Waals surface area (Å²) >= 11 is 1.81. The van der Waals surface area contributed by atoms with Gasteiger partial charge in [0, 0.05) is 51.2 Å². The van der Waals surface area contributed by atoms with Crippen molar-refractivity contribution in [3.05, 3.63) is 15.6 Å². The zero-order valence-electron chi connectivity index (χ0n) is 16.5. The van der Waals surface area contributed by atoms with E-state index in [4.69, 9.17) is 9.72 Å². The minimum Gasteiger partial charge on any atom is -0.385 e. The molecule has 25 heavy (non-hydrogen) atoms. The lowest BCUT2D eigenvalue weighted by molar-refractivity contribution is 0.180. The number of aliphatic imine (C=N–C) groups is 1. The summed E-state index contributed by atoms with van der Waals surface area (Å²) in [6.45, 7) is 11.7. The molecule has 0 amide bonds. The highest BCUT2D eigenvalue weighted by Gasteiger charge is 2.06. The number of ether oxygens (including phenoxy) is 1. The number of nitrogens with one attached hydrogen (secondary N) is 2. The SMILES string of the molecule is CCNC(=NCCN(C)CCCOC)NCCc1nc(CC)c(C)s1. The van der Waals surface area contributed by atoms with Crippen molar-refractivity contribution < 1.29 is 4.74 Å². The van der Waals surface area contributed by atoms with Gasteiger partial charge in [-0.2, -0.15) is 0 Å². The van der Waals surface area contributed by atoms with Crippen molar-refractivity contribution in [2.24, 2.45) is 4.99 Å². The van der Waals surface area contributed by atoms with Gasteiger partial charge in [-0.05, 0) is 33.7 Å². The fourth-order valence-electron chi connectivity index (χ4n) is 2.48. The summed E-state index contributed by atoms with van der Waals surface area (Å²) in [4.78, 5) is 13.0. The van der Waals surface area contributed by atoms with Crippen molar-refractivity contribution in [3.8, 4) is 0 Å². The zero-order chi connectivity index (χ0) is 18.5. The lowest BCUT2D eigenvalue weighted by Crippen LogP contribution is -2.39. The van der Waals surface area contributed by atoms with Gasteiger partial charge in [-0.1, -0.05) is 6.92 Å². The molecule has 1 rings (SSSR count). The average Bonchev–Trinajstić information content (AvgIpc) is 2.95. The van der Waals surface area contributed by atoms with Crippen molar-refractivity contribution >= 4 is 17.3 Å². The van der Waals surface area contributed by atoms with E-state index in [0.717, 1.165) is 64.6 Å². The summed E-state index contributed by atoms with van der Waals surface area (Å²) in [5, 5.41) is 7.92. The summed E-state index contributed by atoms with van der Waals surface area (Å²) in [5.74, 6) is 0.886. The molecule has 0 aliphatic heterocycles. The summed E-state index contributed by atoms with van der Waals surface area (Å²) in [6, 6.07) is 0. The number of aromatic nitrogens is 1. The van der Waals surface area contributed by atoms with Crippen molar-refractivity contribution in [1.29, 1.82) is 0 Å². The van der Waals surface area contributed by atoms with Gasteiger partial charge in [0.25, 0.3) is 0 Å². The second kappa shape index (κ2) is 13.1. The van der Waals surface area contributed by atoms with Crippen molar-refractivity contribution in [3.63, 3.8) is 0 Å². The largest absolute Gasteiger partial charge is 0.385 e. The van der Waals surface area contributed by atoms with Crippen LogP contribution in [0.2, 0.25) is 0 Å². The summed E-state index contributed by atoms with van der Waals surface area (Å²) in [7, 11) is 3.87. The van der Waals surface area contributed by atoms with Crippen LogP contribution >= 0.6 is 11.3 Å². The Hall–Kier alpha value is -1.18. The first-order chi connectivity index (χ1) is 12.1. The van der Waals surface area contributed by atoms with Crippen molar-refractivity contribution in [2.75, 3.05) is 53.5 Å². The second-order valence-electron chi connectivity index (χ2n) is 6.05.